The highest BCUT2D eigenvalue weighted by Crippen LogP contribution is 2.30. The van der Waals surface area contributed by atoms with E-state index in [-0.39, 0.29) is 12.1 Å². The lowest BCUT2D eigenvalue weighted by molar-refractivity contribution is 0.173. The molecule has 2 amide bonds. The van der Waals surface area contributed by atoms with Crippen LogP contribution >= 0.6 is 11.6 Å². The number of halogens is 1. The van der Waals surface area contributed by atoms with Crippen LogP contribution in [0.4, 0.5) is 16.2 Å². The lowest BCUT2D eigenvalue weighted by Crippen LogP contribution is -2.38. The van der Waals surface area contributed by atoms with Crippen molar-refractivity contribution >= 4 is 29.0 Å². The van der Waals surface area contributed by atoms with E-state index in [1.54, 1.807) is 13.2 Å². The number of ether oxygens (including phenoxy) is 1. The van der Waals surface area contributed by atoms with Gasteiger partial charge in [0.2, 0.25) is 0 Å². The molecular weight excluding hydrogens is 302 g/mol. The van der Waals surface area contributed by atoms with Crippen LogP contribution in [0.3, 0.4) is 0 Å². The first-order chi connectivity index (χ1) is 10.6. The summed E-state index contributed by atoms with van der Waals surface area (Å²) >= 11 is 6.37. The van der Waals surface area contributed by atoms with E-state index in [0.717, 1.165) is 18.8 Å². The number of carbonyl (C=O) groups is 1. The van der Waals surface area contributed by atoms with Crippen molar-refractivity contribution in [3.63, 3.8) is 0 Å². The molecule has 6 heteroatoms. The number of benzene rings is 1. The summed E-state index contributed by atoms with van der Waals surface area (Å²) < 4.78 is 4.99. The summed E-state index contributed by atoms with van der Waals surface area (Å²) in [7, 11) is 1.61. The quantitative estimate of drug-likeness (QED) is 0.871. The van der Waals surface area contributed by atoms with Gasteiger partial charge in [-0.15, -0.1) is 0 Å². The highest BCUT2D eigenvalue weighted by atomic mass is 35.5. The van der Waals surface area contributed by atoms with Gasteiger partial charge in [0.1, 0.15) is 0 Å². The SMILES string of the molecule is COC[C@H](C)NC(=O)Nc1ccc(N2CCCCC2)c(Cl)c1. The molecule has 0 aromatic heterocycles. The molecule has 0 radical (unpaired) electrons. The van der Waals surface area contributed by atoms with E-state index < -0.39 is 0 Å². The second-order valence-corrected chi connectivity index (χ2v) is 6.08. The lowest BCUT2D eigenvalue weighted by Gasteiger charge is -2.29. The Morgan fingerprint density at radius 2 is 2.09 bits per heavy atom. The molecule has 1 aromatic carbocycles. The maximum Gasteiger partial charge on any atom is 0.319 e. The van der Waals surface area contributed by atoms with Crippen molar-refractivity contribution in [3.8, 4) is 0 Å². The number of urea groups is 1. The fourth-order valence-corrected chi connectivity index (χ4v) is 2.96. The second kappa shape index (κ2) is 8.25. The third-order valence-corrected chi connectivity index (χ3v) is 4.00. The molecule has 0 unspecified atom stereocenters. The smallest absolute Gasteiger partial charge is 0.319 e. The normalized spacial score (nSPS) is 16.2. The number of nitrogens with zero attached hydrogens (tertiary/aromatic N) is 1. The number of methoxy groups -OCH3 is 1. The zero-order chi connectivity index (χ0) is 15.9. The third-order valence-electron chi connectivity index (χ3n) is 3.70. The summed E-state index contributed by atoms with van der Waals surface area (Å²) in [5.74, 6) is 0. The van der Waals surface area contributed by atoms with Gasteiger partial charge >= 0.3 is 6.03 Å². The zero-order valence-electron chi connectivity index (χ0n) is 13.2. The van der Waals surface area contributed by atoms with E-state index in [1.165, 1.54) is 19.3 Å². The maximum atomic E-state index is 11.9. The van der Waals surface area contributed by atoms with Gasteiger partial charge < -0.3 is 20.3 Å². The maximum absolute atomic E-state index is 11.9. The molecule has 1 aliphatic rings. The minimum atomic E-state index is -0.258. The first-order valence-electron chi connectivity index (χ1n) is 7.71. The fourth-order valence-electron chi connectivity index (χ4n) is 2.66. The predicted molar refractivity (Wildman–Crippen MR) is 91.0 cm³/mol. The number of nitrogens with one attached hydrogen (secondary N) is 2. The molecule has 0 saturated carbocycles. The largest absolute Gasteiger partial charge is 0.383 e. The average Bonchev–Trinajstić information content (AvgIpc) is 2.48. The molecule has 1 heterocycles. The highest BCUT2D eigenvalue weighted by Gasteiger charge is 2.14. The van der Waals surface area contributed by atoms with E-state index in [2.05, 4.69) is 15.5 Å². The third kappa shape index (κ3) is 4.78. The topological polar surface area (TPSA) is 53.6 Å². The monoisotopic (exact) mass is 325 g/mol. The highest BCUT2D eigenvalue weighted by molar-refractivity contribution is 6.33. The summed E-state index contributed by atoms with van der Waals surface area (Å²) in [6, 6.07) is 5.35. The van der Waals surface area contributed by atoms with Crippen molar-refractivity contribution < 1.29 is 9.53 Å². The number of carbonyl (C=O) groups excluding carboxylic acids is 1. The number of hydrogen-bond donors (Lipinski definition) is 2. The Morgan fingerprint density at radius 1 is 1.36 bits per heavy atom. The summed E-state index contributed by atoms with van der Waals surface area (Å²) in [5, 5.41) is 6.26. The zero-order valence-corrected chi connectivity index (χ0v) is 13.9. The van der Waals surface area contributed by atoms with Gasteiger partial charge in [-0.3, -0.25) is 0 Å². The van der Waals surface area contributed by atoms with Crippen molar-refractivity contribution in [1.82, 2.24) is 5.32 Å². The second-order valence-electron chi connectivity index (χ2n) is 5.67. The van der Waals surface area contributed by atoms with Crippen molar-refractivity contribution in [2.45, 2.75) is 32.2 Å². The van der Waals surface area contributed by atoms with E-state index in [1.807, 2.05) is 19.1 Å². The van der Waals surface area contributed by atoms with E-state index in [0.29, 0.717) is 17.3 Å². The first kappa shape index (κ1) is 16.9. The van der Waals surface area contributed by atoms with Crippen LogP contribution in [0.1, 0.15) is 26.2 Å². The molecule has 1 atom stereocenters. The molecule has 5 nitrogen and oxygen atoms in total. The molecule has 0 bridgehead atoms. The molecular formula is C16H24ClN3O2. The molecule has 1 aromatic rings. The molecule has 2 N–H and O–H groups in total. The Morgan fingerprint density at radius 3 is 2.73 bits per heavy atom. The van der Waals surface area contributed by atoms with Crippen LogP contribution < -0.4 is 15.5 Å². The fraction of sp³-hybridized carbons (Fsp3) is 0.562. The van der Waals surface area contributed by atoms with Crippen LogP contribution in [0, 0.1) is 0 Å². The summed E-state index contributed by atoms with van der Waals surface area (Å²) in [6.45, 7) is 4.45. The number of piperidine rings is 1. The minimum Gasteiger partial charge on any atom is -0.383 e. The van der Waals surface area contributed by atoms with E-state index in [4.69, 9.17) is 16.3 Å². The van der Waals surface area contributed by atoms with Crippen LogP contribution in [0.15, 0.2) is 18.2 Å². The number of rotatable bonds is 5. The van der Waals surface area contributed by atoms with E-state index in [9.17, 15) is 4.79 Å². The number of hydrogen-bond acceptors (Lipinski definition) is 3. The van der Waals surface area contributed by atoms with Gasteiger partial charge in [-0.1, -0.05) is 11.6 Å². The van der Waals surface area contributed by atoms with Crippen LogP contribution in [0.5, 0.6) is 0 Å². The predicted octanol–water partition coefficient (Wildman–Crippen LogP) is 3.49. The Kier molecular flexibility index (Phi) is 6.34. The van der Waals surface area contributed by atoms with Crippen LogP contribution in [-0.2, 0) is 4.74 Å². The molecule has 0 aliphatic carbocycles. The van der Waals surface area contributed by atoms with Gasteiger partial charge in [0.05, 0.1) is 23.4 Å². The van der Waals surface area contributed by atoms with Gasteiger partial charge in [-0.2, -0.15) is 0 Å². The van der Waals surface area contributed by atoms with Crippen molar-refractivity contribution in [2.75, 3.05) is 37.0 Å². The molecule has 1 fully saturated rings. The molecule has 1 aliphatic heterocycles. The molecule has 22 heavy (non-hydrogen) atoms. The van der Waals surface area contributed by atoms with Crippen LogP contribution in [0.2, 0.25) is 5.02 Å². The number of amides is 2. The van der Waals surface area contributed by atoms with Crippen LogP contribution in [0.25, 0.3) is 0 Å². The van der Waals surface area contributed by atoms with Gasteiger partial charge in [0.25, 0.3) is 0 Å². The summed E-state index contributed by atoms with van der Waals surface area (Å²) in [5.41, 5.74) is 1.73. The summed E-state index contributed by atoms with van der Waals surface area (Å²) in [4.78, 5) is 14.2. The van der Waals surface area contributed by atoms with Crippen LogP contribution in [-0.4, -0.2) is 38.9 Å². The van der Waals surface area contributed by atoms with Crippen molar-refractivity contribution in [3.05, 3.63) is 23.2 Å². The summed E-state index contributed by atoms with van der Waals surface area (Å²) in [6.07, 6.45) is 3.69. The van der Waals surface area contributed by atoms with Gasteiger partial charge in [0.15, 0.2) is 0 Å². The Labute approximate surface area is 137 Å². The standard InChI is InChI=1S/C16H24ClN3O2/c1-12(11-22-2)18-16(21)19-13-6-7-15(14(17)10-13)20-8-4-3-5-9-20/h6-7,10,12H,3-5,8-9,11H2,1-2H3,(H2,18,19,21)/t12-/m0/s1. The Bertz CT molecular complexity index is 504. The van der Waals surface area contributed by atoms with Gasteiger partial charge in [0, 0.05) is 25.9 Å². The molecule has 122 valence electrons. The number of anilines is 2. The molecule has 0 spiro atoms. The Hall–Kier alpha value is -1.46. The lowest BCUT2D eigenvalue weighted by atomic mass is 10.1. The Balaban J connectivity index is 1.95. The van der Waals surface area contributed by atoms with E-state index >= 15 is 0 Å². The van der Waals surface area contributed by atoms with Crippen molar-refractivity contribution in [2.24, 2.45) is 0 Å². The van der Waals surface area contributed by atoms with Gasteiger partial charge in [-0.25, -0.2) is 4.79 Å². The molecule has 1 saturated heterocycles. The minimum absolute atomic E-state index is 0.0481. The molecule has 2 rings (SSSR count). The van der Waals surface area contributed by atoms with Crippen molar-refractivity contribution in [1.29, 1.82) is 0 Å². The van der Waals surface area contributed by atoms with Gasteiger partial charge in [-0.05, 0) is 44.4 Å². The average molecular weight is 326 g/mol. The first-order valence-corrected chi connectivity index (χ1v) is 8.09.